The Balaban J connectivity index is 1.20. The first-order chi connectivity index (χ1) is 23.3. The molecule has 7 aromatic carbocycles. The third kappa shape index (κ3) is 3.46. The predicted octanol–water partition coefficient (Wildman–Crippen LogP) is 9.71. The molecule has 0 unspecified atom stereocenters. The number of rotatable bonds is 2. The van der Waals surface area contributed by atoms with E-state index in [1.807, 2.05) is 11.3 Å². The minimum absolute atomic E-state index is 0.134. The van der Waals surface area contributed by atoms with Crippen LogP contribution in [0.25, 0.3) is 31.3 Å². The van der Waals surface area contributed by atoms with Crippen molar-refractivity contribution in [3.05, 3.63) is 163 Å². The molecule has 0 radical (unpaired) electrons. The lowest BCUT2D eigenvalue weighted by atomic mass is 9.33. The van der Waals surface area contributed by atoms with Gasteiger partial charge in [-0.15, -0.1) is 11.3 Å². The zero-order chi connectivity index (χ0) is 30.6. The smallest absolute Gasteiger partial charge is 0.252 e. The minimum Gasteiger partial charge on any atom is -0.311 e. The molecule has 0 saturated carbocycles. The van der Waals surface area contributed by atoms with E-state index >= 15 is 0 Å². The van der Waals surface area contributed by atoms with E-state index < -0.39 is 0 Å². The lowest BCUT2D eigenvalue weighted by molar-refractivity contribution is 1.24. The van der Waals surface area contributed by atoms with Crippen LogP contribution in [-0.2, 0) is 6.42 Å². The van der Waals surface area contributed by atoms with Crippen molar-refractivity contribution >= 4 is 88.7 Å². The van der Waals surface area contributed by atoms with Crippen LogP contribution >= 0.6 is 11.3 Å². The van der Waals surface area contributed by atoms with Crippen LogP contribution in [0, 0.1) is 0 Å². The third-order valence-electron chi connectivity index (χ3n) is 10.5. The van der Waals surface area contributed by atoms with Gasteiger partial charge in [0, 0.05) is 48.6 Å². The van der Waals surface area contributed by atoms with Crippen LogP contribution in [0.5, 0.6) is 0 Å². The van der Waals surface area contributed by atoms with Gasteiger partial charge in [0.05, 0.1) is 5.69 Å². The second kappa shape index (κ2) is 9.48. The van der Waals surface area contributed by atoms with Crippen molar-refractivity contribution in [2.45, 2.75) is 6.42 Å². The maximum absolute atomic E-state index is 2.54. The van der Waals surface area contributed by atoms with Crippen molar-refractivity contribution in [3.8, 4) is 11.1 Å². The van der Waals surface area contributed by atoms with Gasteiger partial charge in [0.2, 0.25) is 0 Å². The molecule has 11 rings (SSSR count). The first-order valence-corrected chi connectivity index (χ1v) is 17.2. The first-order valence-electron chi connectivity index (χ1n) is 16.4. The summed E-state index contributed by atoms with van der Waals surface area (Å²) in [5, 5.41) is 2.64. The van der Waals surface area contributed by atoms with Gasteiger partial charge >= 0.3 is 0 Å². The van der Waals surface area contributed by atoms with Crippen molar-refractivity contribution in [1.82, 2.24) is 0 Å². The van der Waals surface area contributed by atoms with Crippen LogP contribution in [0.3, 0.4) is 0 Å². The van der Waals surface area contributed by atoms with Gasteiger partial charge in [-0.2, -0.15) is 0 Å². The van der Waals surface area contributed by atoms with Crippen LogP contribution in [0.1, 0.15) is 11.1 Å². The predicted molar refractivity (Wildman–Crippen MR) is 202 cm³/mol. The fraction of sp³-hybridized carbons (Fsp3) is 0.0233. The highest BCUT2D eigenvalue weighted by Crippen LogP contribution is 2.48. The Labute approximate surface area is 277 Å². The summed E-state index contributed by atoms with van der Waals surface area (Å²) < 4.78 is 2.64. The molecule has 0 atom stereocenters. The number of hydrogen-bond donors (Lipinski definition) is 0. The molecular formula is C43H27BN2S. The Morgan fingerprint density at radius 3 is 1.96 bits per heavy atom. The first kappa shape index (κ1) is 25.6. The van der Waals surface area contributed by atoms with Gasteiger partial charge in [-0.05, 0) is 99.7 Å². The highest BCUT2D eigenvalue weighted by Gasteiger charge is 2.43. The Kier molecular flexibility index (Phi) is 5.16. The molecular weight excluding hydrogens is 587 g/mol. The number of nitrogens with zero attached hydrogens (tertiary/aromatic N) is 2. The third-order valence-corrected chi connectivity index (χ3v) is 11.6. The van der Waals surface area contributed by atoms with E-state index in [1.165, 1.54) is 92.9 Å². The molecule has 2 nitrogen and oxygen atoms in total. The molecule has 0 amide bonds. The van der Waals surface area contributed by atoms with E-state index in [0.29, 0.717) is 0 Å². The summed E-state index contributed by atoms with van der Waals surface area (Å²) in [5.74, 6) is 0. The van der Waals surface area contributed by atoms with E-state index in [4.69, 9.17) is 0 Å². The molecule has 1 aliphatic carbocycles. The second-order valence-corrected chi connectivity index (χ2v) is 13.9. The Morgan fingerprint density at radius 1 is 0.468 bits per heavy atom. The molecule has 0 saturated heterocycles. The summed E-state index contributed by atoms with van der Waals surface area (Å²) in [6, 6.07) is 56.6. The van der Waals surface area contributed by atoms with Gasteiger partial charge in [-0.3, -0.25) is 0 Å². The summed E-state index contributed by atoms with van der Waals surface area (Å²) in [4.78, 5) is 5.05. The highest BCUT2D eigenvalue weighted by molar-refractivity contribution is 7.26. The van der Waals surface area contributed by atoms with Gasteiger partial charge < -0.3 is 9.80 Å². The van der Waals surface area contributed by atoms with Gasteiger partial charge in [-0.25, -0.2) is 0 Å². The lowest BCUT2D eigenvalue weighted by Crippen LogP contribution is -2.61. The lowest BCUT2D eigenvalue weighted by Gasteiger charge is -2.44. The molecule has 0 fully saturated rings. The van der Waals surface area contributed by atoms with Crippen molar-refractivity contribution < 1.29 is 0 Å². The fourth-order valence-corrected chi connectivity index (χ4v) is 9.69. The number of hydrogen-bond acceptors (Lipinski definition) is 3. The normalized spacial score (nSPS) is 13.7. The Hall–Kier alpha value is -5.58. The van der Waals surface area contributed by atoms with Gasteiger partial charge in [0.25, 0.3) is 6.71 Å². The van der Waals surface area contributed by atoms with Crippen molar-refractivity contribution in [2.75, 3.05) is 9.80 Å². The zero-order valence-electron chi connectivity index (χ0n) is 25.5. The number of fused-ring (bicyclic) bond motifs is 10. The number of para-hydroxylation sites is 2. The average molecular weight is 615 g/mol. The van der Waals surface area contributed by atoms with Gasteiger partial charge in [0.1, 0.15) is 0 Å². The van der Waals surface area contributed by atoms with Gasteiger partial charge in [0.15, 0.2) is 0 Å². The van der Waals surface area contributed by atoms with Crippen molar-refractivity contribution in [2.24, 2.45) is 0 Å². The molecule has 3 heterocycles. The summed E-state index contributed by atoms with van der Waals surface area (Å²) in [6.45, 7) is 0.134. The van der Waals surface area contributed by atoms with Crippen molar-refractivity contribution in [3.63, 3.8) is 0 Å². The highest BCUT2D eigenvalue weighted by atomic mass is 32.1. The molecule has 0 bridgehead atoms. The average Bonchev–Trinajstić information content (AvgIpc) is 3.70. The molecule has 3 aliphatic rings. The molecule has 47 heavy (non-hydrogen) atoms. The molecule has 0 spiro atoms. The van der Waals surface area contributed by atoms with Gasteiger partial charge in [-0.1, -0.05) is 97.1 Å². The number of anilines is 6. The van der Waals surface area contributed by atoms with E-state index in [9.17, 15) is 0 Å². The topological polar surface area (TPSA) is 6.48 Å². The van der Waals surface area contributed by atoms with Crippen LogP contribution < -0.4 is 26.2 Å². The summed E-state index contributed by atoms with van der Waals surface area (Å²) >= 11 is 1.88. The molecule has 0 N–H and O–H groups in total. The summed E-state index contributed by atoms with van der Waals surface area (Å²) in [6.07, 6.45) is 1.000. The monoisotopic (exact) mass is 614 g/mol. The Bertz CT molecular complexity index is 2600. The summed E-state index contributed by atoms with van der Waals surface area (Å²) in [5.41, 5.74) is 17.0. The fourth-order valence-electron chi connectivity index (χ4n) is 8.57. The Morgan fingerprint density at radius 2 is 1.09 bits per heavy atom. The summed E-state index contributed by atoms with van der Waals surface area (Å²) in [7, 11) is 0. The zero-order valence-corrected chi connectivity index (χ0v) is 26.3. The van der Waals surface area contributed by atoms with E-state index in [-0.39, 0.29) is 6.71 Å². The number of thiophene rings is 1. The maximum Gasteiger partial charge on any atom is 0.252 e. The largest absolute Gasteiger partial charge is 0.311 e. The van der Waals surface area contributed by atoms with E-state index in [1.54, 1.807) is 0 Å². The standard InChI is InChI=1S/C43H27BN2S/c1-2-12-30-27(11-1)25-28-23-24-29(26-32(28)30)45-35-16-6-4-14-33(35)44-34-15-5-7-17-36(34)46(39-20-9-19-38(45)43(39)44)37-18-10-22-41-42(37)31-13-3-8-21-40(31)47-41/h1-24,26H,25H2. The second-order valence-electron chi connectivity index (χ2n) is 12.9. The molecule has 1 aromatic heterocycles. The molecule has 2 aliphatic heterocycles. The molecule has 218 valence electrons. The van der Waals surface area contributed by atoms with E-state index in [0.717, 1.165) is 6.42 Å². The van der Waals surface area contributed by atoms with E-state index in [2.05, 4.69) is 161 Å². The maximum atomic E-state index is 2.54. The SMILES string of the molecule is c1ccc2c(c1)Cc1ccc(N3c4ccccc4B4c5ccccc5N(c5cccc6sc7ccccc7c56)c5cccc3c54)cc1-2. The quantitative estimate of drug-likeness (QED) is 0.179. The molecule has 8 aromatic rings. The molecule has 4 heteroatoms. The number of benzene rings is 7. The van der Waals surface area contributed by atoms with Crippen LogP contribution in [0.2, 0.25) is 0 Å². The van der Waals surface area contributed by atoms with Crippen LogP contribution in [0.4, 0.5) is 34.1 Å². The van der Waals surface area contributed by atoms with Crippen molar-refractivity contribution in [1.29, 1.82) is 0 Å². The minimum atomic E-state index is 0.134. The van der Waals surface area contributed by atoms with Crippen LogP contribution in [-0.4, -0.2) is 6.71 Å². The van der Waals surface area contributed by atoms with Crippen LogP contribution in [0.15, 0.2) is 152 Å².